The van der Waals surface area contributed by atoms with Gasteiger partial charge < -0.3 is 0 Å². The number of carbonyl (C=O) groups excluding carboxylic acids is 1. The molecule has 1 aliphatic carbocycles. The Morgan fingerprint density at radius 2 is 2.36 bits per heavy atom. The summed E-state index contributed by atoms with van der Waals surface area (Å²) in [6.45, 7) is 4.29. The third-order valence-corrected chi connectivity index (χ3v) is 2.14. The lowest BCUT2D eigenvalue weighted by Gasteiger charge is -2.01. The molecule has 0 saturated heterocycles. The molecule has 0 bridgehead atoms. The van der Waals surface area contributed by atoms with Crippen molar-refractivity contribution in [2.75, 3.05) is 0 Å². The standard InChI is InChI=1S/C8H15NO2/c1-5(2)3-6-4-7(6)8(10)9-11/h5-7,11H,3-4H2,1-2H3,(H,9,10)/t6-,7-/m1/s1. The van der Waals surface area contributed by atoms with Crippen LogP contribution in [0.1, 0.15) is 26.7 Å². The lowest BCUT2D eigenvalue weighted by molar-refractivity contribution is -0.130. The summed E-state index contributed by atoms with van der Waals surface area (Å²) in [6, 6.07) is 0. The molecular formula is C8H15NO2. The van der Waals surface area contributed by atoms with Crippen molar-refractivity contribution in [2.45, 2.75) is 26.7 Å². The summed E-state index contributed by atoms with van der Waals surface area (Å²) in [5.74, 6) is 1.04. The van der Waals surface area contributed by atoms with E-state index >= 15 is 0 Å². The number of rotatable bonds is 3. The Morgan fingerprint density at radius 3 is 2.82 bits per heavy atom. The van der Waals surface area contributed by atoms with Crippen molar-refractivity contribution in [2.24, 2.45) is 17.8 Å². The summed E-state index contributed by atoms with van der Waals surface area (Å²) in [5.41, 5.74) is 1.69. The van der Waals surface area contributed by atoms with Gasteiger partial charge in [0.25, 0.3) is 0 Å². The lowest BCUT2D eigenvalue weighted by atomic mass is 10.1. The average molecular weight is 157 g/mol. The number of amides is 1. The summed E-state index contributed by atoms with van der Waals surface area (Å²) < 4.78 is 0. The highest BCUT2D eigenvalue weighted by Crippen LogP contribution is 2.42. The van der Waals surface area contributed by atoms with Crippen LogP contribution in [-0.2, 0) is 4.79 Å². The zero-order chi connectivity index (χ0) is 8.43. The molecule has 0 aromatic rings. The fourth-order valence-electron chi connectivity index (χ4n) is 1.52. The summed E-state index contributed by atoms with van der Waals surface area (Å²) in [7, 11) is 0. The predicted octanol–water partition coefficient (Wildman–Crippen LogP) is 1.17. The Morgan fingerprint density at radius 1 is 1.73 bits per heavy atom. The predicted molar refractivity (Wildman–Crippen MR) is 41.0 cm³/mol. The molecule has 0 aromatic carbocycles. The molecule has 11 heavy (non-hydrogen) atoms. The average Bonchev–Trinajstić information content (AvgIpc) is 2.65. The lowest BCUT2D eigenvalue weighted by Crippen LogP contribution is -2.21. The highest BCUT2D eigenvalue weighted by Gasteiger charge is 2.42. The fraction of sp³-hybridized carbons (Fsp3) is 0.875. The van der Waals surface area contributed by atoms with Crippen molar-refractivity contribution >= 4 is 5.91 Å². The Hall–Kier alpha value is -0.570. The van der Waals surface area contributed by atoms with Gasteiger partial charge in [0.2, 0.25) is 5.91 Å². The molecule has 0 heterocycles. The third-order valence-electron chi connectivity index (χ3n) is 2.14. The van der Waals surface area contributed by atoms with E-state index in [1.54, 1.807) is 5.48 Å². The second-order valence-corrected chi connectivity index (χ2v) is 3.71. The number of nitrogens with one attached hydrogen (secondary N) is 1. The minimum absolute atomic E-state index is 0.0856. The molecule has 0 spiro atoms. The first-order valence-corrected chi connectivity index (χ1v) is 4.09. The maximum atomic E-state index is 10.8. The molecule has 0 unspecified atom stereocenters. The zero-order valence-electron chi connectivity index (χ0n) is 7.00. The number of hydroxylamine groups is 1. The van der Waals surface area contributed by atoms with Crippen LogP contribution in [0.5, 0.6) is 0 Å². The van der Waals surface area contributed by atoms with E-state index in [9.17, 15) is 4.79 Å². The molecule has 1 amide bonds. The van der Waals surface area contributed by atoms with Crippen molar-refractivity contribution in [3.63, 3.8) is 0 Å². The molecule has 1 saturated carbocycles. The first kappa shape index (κ1) is 8.53. The maximum Gasteiger partial charge on any atom is 0.246 e. The number of hydrogen-bond acceptors (Lipinski definition) is 2. The molecule has 0 aliphatic heterocycles. The fourth-order valence-corrected chi connectivity index (χ4v) is 1.52. The van der Waals surface area contributed by atoms with Gasteiger partial charge in [-0.15, -0.1) is 0 Å². The minimum Gasteiger partial charge on any atom is -0.289 e. The second-order valence-electron chi connectivity index (χ2n) is 3.71. The topological polar surface area (TPSA) is 49.3 Å². The molecule has 1 fully saturated rings. The summed E-state index contributed by atoms with van der Waals surface area (Å²) in [4.78, 5) is 10.8. The van der Waals surface area contributed by atoms with E-state index in [1.165, 1.54) is 0 Å². The van der Waals surface area contributed by atoms with Gasteiger partial charge in [0, 0.05) is 5.92 Å². The first-order valence-electron chi connectivity index (χ1n) is 4.09. The van der Waals surface area contributed by atoms with Gasteiger partial charge in [-0.25, -0.2) is 5.48 Å². The van der Waals surface area contributed by atoms with E-state index < -0.39 is 0 Å². The van der Waals surface area contributed by atoms with Crippen LogP contribution in [0.25, 0.3) is 0 Å². The normalized spacial score (nSPS) is 28.7. The Kier molecular flexibility index (Phi) is 2.49. The van der Waals surface area contributed by atoms with Gasteiger partial charge in [0.05, 0.1) is 0 Å². The molecule has 2 N–H and O–H groups in total. The molecule has 3 heteroatoms. The Balaban J connectivity index is 2.21. The monoisotopic (exact) mass is 157 g/mol. The van der Waals surface area contributed by atoms with Crippen molar-refractivity contribution in [3.8, 4) is 0 Å². The summed E-state index contributed by atoms with van der Waals surface area (Å²) in [5, 5.41) is 8.30. The smallest absolute Gasteiger partial charge is 0.246 e. The quantitative estimate of drug-likeness (QED) is 0.477. The highest BCUT2D eigenvalue weighted by molar-refractivity contribution is 5.80. The van der Waals surface area contributed by atoms with Crippen LogP contribution >= 0.6 is 0 Å². The van der Waals surface area contributed by atoms with Crippen LogP contribution in [0.15, 0.2) is 0 Å². The van der Waals surface area contributed by atoms with Crippen LogP contribution in [0.2, 0.25) is 0 Å². The van der Waals surface area contributed by atoms with Gasteiger partial charge in [0.15, 0.2) is 0 Å². The van der Waals surface area contributed by atoms with Crippen LogP contribution < -0.4 is 5.48 Å². The van der Waals surface area contributed by atoms with Gasteiger partial charge in [-0.1, -0.05) is 13.8 Å². The largest absolute Gasteiger partial charge is 0.289 e. The molecule has 0 radical (unpaired) electrons. The van der Waals surface area contributed by atoms with Gasteiger partial charge in [-0.05, 0) is 24.7 Å². The highest BCUT2D eigenvalue weighted by atomic mass is 16.5. The zero-order valence-corrected chi connectivity index (χ0v) is 7.00. The summed E-state index contributed by atoms with van der Waals surface area (Å²) >= 11 is 0. The van der Waals surface area contributed by atoms with E-state index in [0.29, 0.717) is 11.8 Å². The Bertz CT molecular complexity index is 156. The molecule has 1 aliphatic rings. The maximum absolute atomic E-state index is 10.8. The minimum atomic E-state index is -0.212. The molecule has 64 valence electrons. The van der Waals surface area contributed by atoms with Gasteiger partial charge in [-0.2, -0.15) is 0 Å². The third kappa shape index (κ3) is 2.19. The van der Waals surface area contributed by atoms with Crippen molar-refractivity contribution in [3.05, 3.63) is 0 Å². The molecule has 0 aromatic heterocycles. The second kappa shape index (κ2) is 3.22. The van der Waals surface area contributed by atoms with E-state index in [2.05, 4.69) is 13.8 Å². The van der Waals surface area contributed by atoms with Crippen molar-refractivity contribution in [1.29, 1.82) is 0 Å². The van der Waals surface area contributed by atoms with Crippen LogP contribution in [0, 0.1) is 17.8 Å². The van der Waals surface area contributed by atoms with Gasteiger partial charge in [0.1, 0.15) is 0 Å². The van der Waals surface area contributed by atoms with Gasteiger partial charge >= 0.3 is 0 Å². The molecule has 3 nitrogen and oxygen atoms in total. The molecule has 2 atom stereocenters. The Labute approximate surface area is 66.7 Å². The SMILES string of the molecule is CC(C)C[C@@H]1C[C@H]1C(=O)NO. The van der Waals surface area contributed by atoms with E-state index in [-0.39, 0.29) is 11.8 Å². The van der Waals surface area contributed by atoms with Crippen LogP contribution in [0.4, 0.5) is 0 Å². The number of hydrogen-bond donors (Lipinski definition) is 2. The van der Waals surface area contributed by atoms with Crippen molar-refractivity contribution < 1.29 is 10.0 Å². The van der Waals surface area contributed by atoms with E-state index in [1.807, 2.05) is 0 Å². The molecule has 1 rings (SSSR count). The van der Waals surface area contributed by atoms with Gasteiger partial charge in [-0.3, -0.25) is 10.0 Å². The van der Waals surface area contributed by atoms with Crippen molar-refractivity contribution in [1.82, 2.24) is 5.48 Å². The molecular weight excluding hydrogens is 142 g/mol. The van der Waals surface area contributed by atoms with Crippen LogP contribution in [0.3, 0.4) is 0 Å². The summed E-state index contributed by atoms with van der Waals surface area (Å²) in [6.07, 6.45) is 2.04. The first-order chi connectivity index (χ1) is 5.15. The van der Waals surface area contributed by atoms with E-state index in [0.717, 1.165) is 12.8 Å². The van der Waals surface area contributed by atoms with E-state index in [4.69, 9.17) is 5.21 Å². The van der Waals surface area contributed by atoms with Crippen LogP contribution in [-0.4, -0.2) is 11.1 Å². The number of carbonyl (C=O) groups is 1.